The molecule has 1 aliphatic carbocycles. The standard InChI is InChI=1S/C9H13IN2O.BH4.Na/c10-7-5-11-12(6-7)8-1-3-9(13)4-2-8;;/h5-6,8-9,13H,1-4H2;1H4;/q;-1;+1/t8-,9-;;. The summed E-state index contributed by atoms with van der Waals surface area (Å²) < 4.78 is 3.22. The molecule has 0 spiro atoms. The average Bonchev–Trinajstić information content (AvgIpc) is 2.53. The Morgan fingerprint density at radius 3 is 2.40 bits per heavy atom. The number of halogens is 1. The molecule has 3 nitrogen and oxygen atoms in total. The molecule has 6 heteroatoms. The molecule has 0 atom stereocenters. The molecule has 1 fully saturated rings. The van der Waals surface area contributed by atoms with E-state index in [2.05, 4.69) is 33.9 Å². The first-order valence-corrected chi connectivity index (χ1v) is 5.71. The Bertz CT molecular complexity index is 289. The Kier molecular flexibility index (Phi) is 7.79. The number of nitrogens with zero attached hydrogens (tertiary/aromatic N) is 2. The van der Waals surface area contributed by atoms with E-state index in [9.17, 15) is 5.11 Å². The van der Waals surface area contributed by atoms with Gasteiger partial charge < -0.3 is 5.11 Å². The van der Waals surface area contributed by atoms with E-state index in [-0.39, 0.29) is 44.1 Å². The number of rotatable bonds is 1. The fraction of sp³-hybridized carbons (Fsp3) is 0.667. The Morgan fingerprint density at radius 2 is 1.93 bits per heavy atom. The fourth-order valence-electron chi connectivity index (χ4n) is 1.84. The molecular weight excluding hydrogens is 313 g/mol. The minimum absolute atomic E-state index is 0. The van der Waals surface area contributed by atoms with E-state index in [1.54, 1.807) is 0 Å². The van der Waals surface area contributed by atoms with E-state index >= 15 is 0 Å². The molecule has 1 aromatic heterocycles. The first kappa shape index (κ1) is 16.0. The third kappa shape index (κ3) is 4.38. The summed E-state index contributed by atoms with van der Waals surface area (Å²) in [6, 6.07) is 0.506. The van der Waals surface area contributed by atoms with Gasteiger partial charge in [-0.3, -0.25) is 4.68 Å². The van der Waals surface area contributed by atoms with Crippen molar-refractivity contribution >= 4 is 31.0 Å². The number of aromatic nitrogens is 2. The van der Waals surface area contributed by atoms with Crippen molar-refractivity contribution in [1.82, 2.24) is 9.78 Å². The van der Waals surface area contributed by atoms with Crippen LogP contribution in [-0.2, 0) is 0 Å². The predicted octanol–water partition coefficient (Wildman–Crippen LogP) is -2.48. The molecular formula is C9H17BIN2NaO. The van der Waals surface area contributed by atoms with Crippen LogP contribution in [0.25, 0.3) is 0 Å². The summed E-state index contributed by atoms with van der Waals surface area (Å²) in [4.78, 5) is 0. The van der Waals surface area contributed by atoms with E-state index in [4.69, 9.17) is 0 Å². The van der Waals surface area contributed by atoms with Crippen LogP contribution >= 0.6 is 22.6 Å². The number of hydrogen-bond donors (Lipinski definition) is 1. The van der Waals surface area contributed by atoms with Crippen LogP contribution in [0.4, 0.5) is 0 Å². The van der Waals surface area contributed by atoms with Gasteiger partial charge in [-0.25, -0.2) is 0 Å². The molecule has 1 N–H and O–H groups in total. The monoisotopic (exact) mass is 330 g/mol. The maximum absolute atomic E-state index is 9.35. The van der Waals surface area contributed by atoms with Gasteiger partial charge >= 0.3 is 29.6 Å². The van der Waals surface area contributed by atoms with Crippen molar-refractivity contribution in [3.63, 3.8) is 0 Å². The van der Waals surface area contributed by atoms with Crippen molar-refractivity contribution in [3.05, 3.63) is 16.0 Å². The largest absolute Gasteiger partial charge is 1.00 e. The average molecular weight is 330 g/mol. The van der Waals surface area contributed by atoms with Crippen LogP contribution in [0.1, 0.15) is 31.7 Å². The molecule has 1 heterocycles. The third-order valence-electron chi connectivity index (χ3n) is 2.61. The molecule has 0 unspecified atom stereocenters. The minimum atomic E-state index is -0.0779. The van der Waals surface area contributed by atoms with Crippen LogP contribution in [0, 0.1) is 3.57 Å². The van der Waals surface area contributed by atoms with E-state index < -0.39 is 0 Å². The third-order valence-corrected chi connectivity index (χ3v) is 3.17. The molecule has 15 heavy (non-hydrogen) atoms. The van der Waals surface area contributed by atoms with Gasteiger partial charge in [-0.05, 0) is 48.3 Å². The summed E-state index contributed by atoms with van der Waals surface area (Å²) in [6.45, 7) is 0. The summed E-state index contributed by atoms with van der Waals surface area (Å²) in [5, 5.41) is 13.6. The second kappa shape index (κ2) is 7.32. The number of hydrogen-bond acceptors (Lipinski definition) is 2. The second-order valence-electron chi connectivity index (χ2n) is 3.60. The Balaban J connectivity index is 0.000000980. The predicted molar refractivity (Wildman–Crippen MR) is 69.8 cm³/mol. The zero-order valence-electron chi connectivity index (χ0n) is 8.36. The van der Waals surface area contributed by atoms with Crippen LogP contribution in [-0.4, -0.2) is 29.4 Å². The first-order valence-electron chi connectivity index (χ1n) is 4.63. The summed E-state index contributed by atoms with van der Waals surface area (Å²) >= 11 is 2.27. The van der Waals surface area contributed by atoms with E-state index in [0.29, 0.717) is 6.04 Å². The molecule has 80 valence electrons. The van der Waals surface area contributed by atoms with Crippen molar-refractivity contribution in [1.29, 1.82) is 0 Å². The fourth-order valence-corrected chi connectivity index (χ4v) is 2.25. The van der Waals surface area contributed by atoms with Crippen molar-refractivity contribution < 1.29 is 34.7 Å². The van der Waals surface area contributed by atoms with Crippen molar-refractivity contribution in [2.75, 3.05) is 0 Å². The Labute approximate surface area is 128 Å². The van der Waals surface area contributed by atoms with Crippen LogP contribution in [0.15, 0.2) is 12.4 Å². The Hall–Kier alpha value is 0.965. The molecule has 0 radical (unpaired) electrons. The number of aliphatic hydroxyl groups excluding tert-OH is 1. The normalized spacial score (nSPS) is 25.2. The van der Waals surface area contributed by atoms with Gasteiger partial charge in [0.25, 0.3) is 0 Å². The van der Waals surface area contributed by atoms with Crippen LogP contribution < -0.4 is 29.6 Å². The maximum atomic E-state index is 9.35. The molecule has 0 aliphatic heterocycles. The second-order valence-corrected chi connectivity index (χ2v) is 4.85. The molecule has 0 saturated heterocycles. The van der Waals surface area contributed by atoms with E-state index in [1.807, 2.05) is 10.9 Å². The van der Waals surface area contributed by atoms with Gasteiger partial charge in [0.05, 0.1) is 21.9 Å². The van der Waals surface area contributed by atoms with Gasteiger partial charge in [-0.1, -0.05) is 8.41 Å². The zero-order chi connectivity index (χ0) is 9.26. The maximum Gasteiger partial charge on any atom is 1.00 e. The molecule has 0 bridgehead atoms. The topological polar surface area (TPSA) is 38.0 Å². The molecule has 0 amide bonds. The van der Waals surface area contributed by atoms with Gasteiger partial charge in [0.2, 0.25) is 0 Å². The molecule has 1 aliphatic rings. The Morgan fingerprint density at radius 1 is 1.33 bits per heavy atom. The SMILES string of the molecule is O[C@H]1CC[C@H](n2cc(I)cn2)CC1.[BH4-].[Na+]. The van der Waals surface area contributed by atoms with Gasteiger partial charge in [0.1, 0.15) is 0 Å². The van der Waals surface area contributed by atoms with Crippen LogP contribution in [0.3, 0.4) is 0 Å². The van der Waals surface area contributed by atoms with Gasteiger partial charge in [0.15, 0.2) is 0 Å². The first-order chi connectivity index (χ1) is 6.25. The van der Waals surface area contributed by atoms with E-state index in [0.717, 1.165) is 25.7 Å². The van der Waals surface area contributed by atoms with Gasteiger partial charge in [-0.15, -0.1) is 0 Å². The minimum Gasteiger partial charge on any atom is -0.393 e. The smallest absolute Gasteiger partial charge is 0.393 e. The van der Waals surface area contributed by atoms with E-state index in [1.165, 1.54) is 3.57 Å². The van der Waals surface area contributed by atoms with Gasteiger partial charge in [0, 0.05) is 6.20 Å². The summed E-state index contributed by atoms with van der Waals surface area (Å²) in [6.07, 6.45) is 7.82. The van der Waals surface area contributed by atoms with Crippen LogP contribution in [0.2, 0.25) is 0 Å². The van der Waals surface area contributed by atoms with Crippen molar-refractivity contribution in [2.24, 2.45) is 0 Å². The zero-order valence-corrected chi connectivity index (χ0v) is 12.5. The summed E-state index contributed by atoms with van der Waals surface area (Å²) in [7, 11) is 0. The van der Waals surface area contributed by atoms with Crippen LogP contribution in [0.5, 0.6) is 0 Å². The summed E-state index contributed by atoms with van der Waals surface area (Å²) in [5.41, 5.74) is 0. The van der Waals surface area contributed by atoms with Crippen molar-refractivity contribution in [2.45, 2.75) is 37.8 Å². The molecule has 1 saturated carbocycles. The molecule has 2 rings (SSSR count). The summed E-state index contributed by atoms with van der Waals surface area (Å²) in [5.74, 6) is 0. The molecule has 0 aromatic carbocycles. The molecule has 1 aromatic rings. The van der Waals surface area contributed by atoms with Gasteiger partial charge in [-0.2, -0.15) is 5.10 Å². The quantitative estimate of drug-likeness (QED) is 0.457. The number of aliphatic hydroxyl groups is 1. The van der Waals surface area contributed by atoms with Crippen molar-refractivity contribution in [3.8, 4) is 0 Å².